The molecule has 0 fully saturated rings. The van der Waals surface area contributed by atoms with Crippen LogP contribution in [0.5, 0.6) is 5.75 Å². The third-order valence-electron chi connectivity index (χ3n) is 2.08. The number of hydrogen-bond acceptors (Lipinski definition) is 2. The number of nitrogens with two attached hydrogens (primary N) is 1. The minimum Gasteiger partial charge on any atom is -0.490 e. The van der Waals surface area contributed by atoms with Gasteiger partial charge in [0.2, 0.25) is 0 Å². The maximum atomic E-state index is 5.71. The Kier molecular flexibility index (Phi) is 1.28. The SMILES string of the molecule is CC1COc2c(N)cccc21. The van der Waals surface area contributed by atoms with Crippen LogP contribution in [0, 0.1) is 0 Å². The Balaban J connectivity index is 2.57. The molecular formula is C9H11NO. The normalized spacial score (nSPS) is 21.0. The van der Waals surface area contributed by atoms with Gasteiger partial charge >= 0.3 is 0 Å². The molecule has 0 saturated carbocycles. The number of fused-ring (bicyclic) bond motifs is 1. The summed E-state index contributed by atoms with van der Waals surface area (Å²) in [7, 11) is 0. The molecule has 1 aliphatic rings. The van der Waals surface area contributed by atoms with Crippen molar-refractivity contribution in [2.45, 2.75) is 12.8 Å². The summed E-state index contributed by atoms with van der Waals surface area (Å²) in [4.78, 5) is 0. The van der Waals surface area contributed by atoms with Crippen LogP contribution in [0.4, 0.5) is 5.69 Å². The molecule has 1 aromatic rings. The fraction of sp³-hybridized carbons (Fsp3) is 0.333. The molecule has 0 bridgehead atoms. The first-order chi connectivity index (χ1) is 5.29. The van der Waals surface area contributed by atoms with Gasteiger partial charge in [-0.05, 0) is 6.07 Å². The van der Waals surface area contributed by atoms with Crippen LogP contribution in [0.1, 0.15) is 18.4 Å². The van der Waals surface area contributed by atoms with Gasteiger partial charge in [-0.3, -0.25) is 0 Å². The Bertz CT molecular complexity index is 283. The molecule has 1 heterocycles. The fourth-order valence-corrected chi connectivity index (χ4v) is 1.43. The molecule has 2 heteroatoms. The van der Waals surface area contributed by atoms with Crippen molar-refractivity contribution in [3.8, 4) is 5.75 Å². The summed E-state index contributed by atoms with van der Waals surface area (Å²) < 4.78 is 5.42. The second-order valence-electron chi connectivity index (χ2n) is 2.98. The lowest BCUT2D eigenvalue weighted by atomic mass is 10.0. The first-order valence-electron chi connectivity index (χ1n) is 3.80. The summed E-state index contributed by atoms with van der Waals surface area (Å²) in [6, 6.07) is 5.92. The van der Waals surface area contributed by atoms with E-state index in [9.17, 15) is 0 Å². The summed E-state index contributed by atoms with van der Waals surface area (Å²) >= 11 is 0. The van der Waals surface area contributed by atoms with Crippen LogP contribution in [0.3, 0.4) is 0 Å². The highest BCUT2D eigenvalue weighted by Gasteiger charge is 2.21. The van der Waals surface area contributed by atoms with Crippen LogP contribution >= 0.6 is 0 Å². The molecule has 0 aliphatic carbocycles. The number of ether oxygens (including phenoxy) is 1. The fourth-order valence-electron chi connectivity index (χ4n) is 1.43. The van der Waals surface area contributed by atoms with Crippen LogP contribution < -0.4 is 10.5 Å². The second-order valence-corrected chi connectivity index (χ2v) is 2.98. The molecule has 0 radical (unpaired) electrons. The quantitative estimate of drug-likeness (QED) is 0.570. The summed E-state index contributed by atoms with van der Waals surface area (Å²) in [5, 5.41) is 0. The molecule has 0 spiro atoms. The molecule has 11 heavy (non-hydrogen) atoms. The highest BCUT2D eigenvalue weighted by molar-refractivity contribution is 5.59. The number of nitrogen functional groups attached to an aromatic ring is 1. The van der Waals surface area contributed by atoms with E-state index in [-0.39, 0.29) is 0 Å². The smallest absolute Gasteiger partial charge is 0.145 e. The zero-order valence-electron chi connectivity index (χ0n) is 6.50. The van der Waals surface area contributed by atoms with Crippen LogP contribution in [0.15, 0.2) is 18.2 Å². The lowest BCUT2D eigenvalue weighted by molar-refractivity contribution is 0.339. The van der Waals surface area contributed by atoms with Gasteiger partial charge in [-0.25, -0.2) is 0 Å². The van der Waals surface area contributed by atoms with Gasteiger partial charge in [-0.2, -0.15) is 0 Å². The first-order valence-corrected chi connectivity index (χ1v) is 3.80. The minimum absolute atomic E-state index is 0.494. The van der Waals surface area contributed by atoms with Crippen molar-refractivity contribution in [3.63, 3.8) is 0 Å². The molecule has 0 saturated heterocycles. The maximum absolute atomic E-state index is 5.71. The first kappa shape index (κ1) is 6.53. The van der Waals surface area contributed by atoms with E-state index in [1.165, 1.54) is 5.56 Å². The Morgan fingerprint density at radius 1 is 1.55 bits per heavy atom. The third-order valence-corrected chi connectivity index (χ3v) is 2.08. The van der Waals surface area contributed by atoms with Crippen molar-refractivity contribution in [2.24, 2.45) is 0 Å². The lowest BCUT2D eigenvalue weighted by Gasteiger charge is -2.01. The number of rotatable bonds is 0. The second kappa shape index (κ2) is 2.16. The number of para-hydroxylation sites is 1. The van der Waals surface area contributed by atoms with Crippen LogP contribution in [0.25, 0.3) is 0 Å². The van der Waals surface area contributed by atoms with Crippen LogP contribution in [0.2, 0.25) is 0 Å². The van der Waals surface area contributed by atoms with E-state index in [0.717, 1.165) is 18.0 Å². The van der Waals surface area contributed by atoms with E-state index in [4.69, 9.17) is 10.5 Å². The highest BCUT2D eigenvalue weighted by atomic mass is 16.5. The topological polar surface area (TPSA) is 35.2 Å². The molecule has 1 unspecified atom stereocenters. The molecule has 0 amide bonds. The molecular weight excluding hydrogens is 138 g/mol. The van der Waals surface area contributed by atoms with Crippen LogP contribution in [-0.2, 0) is 0 Å². The van der Waals surface area contributed by atoms with Crippen molar-refractivity contribution in [2.75, 3.05) is 12.3 Å². The van der Waals surface area contributed by atoms with Crippen molar-refractivity contribution < 1.29 is 4.74 Å². The molecule has 1 aromatic carbocycles. The van der Waals surface area contributed by atoms with Crippen molar-refractivity contribution in [1.82, 2.24) is 0 Å². The van der Waals surface area contributed by atoms with E-state index < -0.39 is 0 Å². The van der Waals surface area contributed by atoms with Gasteiger partial charge in [0, 0.05) is 11.5 Å². The van der Waals surface area contributed by atoms with Gasteiger partial charge in [0.1, 0.15) is 5.75 Å². The van der Waals surface area contributed by atoms with Gasteiger partial charge < -0.3 is 10.5 Å². The van der Waals surface area contributed by atoms with Crippen molar-refractivity contribution >= 4 is 5.69 Å². The molecule has 0 aromatic heterocycles. The standard InChI is InChI=1S/C9H11NO/c1-6-5-11-9-7(6)3-2-4-8(9)10/h2-4,6H,5,10H2,1H3. The zero-order chi connectivity index (χ0) is 7.84. The van der Waals surface area contributed by atoms with Gasteiger partial charge in [-0.15, -0.1) is 0 Å². The molecule has 2 N–H and O–H groups in total. The Hall–Kier alpha value is -1.18. The Morgan fingerprint density at radius 2 is 2.36 bits per heavy atom. The monoisotopic (exact) mass is 149 g/mol. The van der Waals surface area contributed by atoms with Crippen LogP contribution in [-0.4, -0.2) is 6.61 Å². The predicted octanol–water partition coefficient (Wildman–Crippen LogP) is 1.76. The molecule has 1 atom stereocenters. The predicted molar refractivity (Wildman–Crippen MR) is 44.8 cm³/mol. The molecule has 2 nitrogen and oxygen atoms in total. The Labute approximate surface area is 66.0 Å². The molecule has 1 aliphatic heterocycles. The Morgan fingerprint density at radius 3 is 3.09 bits per heavy atom. The van der Waals surface area contributed by atoms with E-state index in [0.29, 0.717) is 5.92 Å². The number of benzene rings is 1. The average molecular weight is 149 g/mol. The van der Waals surface area contributed by atoms with E-state index in [2.05, 4.69) is 13.0 Å². The third kappa shape index (κ3) is 0.862. The van der Waals surface area contributed by atoms with Gasteiger partial charge in [0.05, 0.1) is 12.3 Å². The van der Waals surface area contributed by atoms with Crippen molar-refractivity contribution in [3.05, 3.63) is 23.8 Å². The molecule has 2 rings (SSSR count). The molecule has 58 valence electrons. The summed E-state index contributed by atoms with van der Waals surface area (Å²) in [6.07, 6.45) is 0. The van der Waals surface area contributed by atoms with Gasteiger partial charge in [0.25, 0.3) is 0 Å². The lowest BCUT2D eigenvalue weighted by Crippen LogP contribution is -1.93. The van der Waals surface area contributed by atoms with Gasteiger partial charge in [-0.1, -0.05) is 19.1 Å². The largest absolute Gasteiger partial charge is 0.490 e. The number of hydrogen-bond donors (Lipinski definition) is 1. The summed E-state index contributed by atoms with van der Waals surface area (Å²) in [5.74, 6) is 1.38. The zero-order valence-corrected chi connectivity index (χ0v) is 6.50. The number of anilines is 1. The van der Waals surface area contributed by atoms with E-state index in [1.807, 2.05) is 12.1 Å². The summed E-state index contributed by atoms with van der Waals surface area (Å²) in [6.45, 7) is 2.91. The average Bonchev–Trinajstić information content (AvgIpc) is 2.35. The van der Waals surface area contributed by atoms with Crippen molar-refractivity contribution in [1.29, 1.82) is 0 Å². The summed E-state index contributed by atoms with van der Waals surface area (Å²) in [5.41, 5.74) is 7.71. The maximum Gasteiger partial charge on any atom is 0.145 e. The highest BCUT2D eigenvalue weighted by Crippen LogP contribution is 2.37. The van der Waals surface area contributed by atoms with E-state index >= 15 is 0 Å². The minimum atomic E-state index is 0.494. The van der Waals surface area contributed by atoms with E-state index in [1.54, 1.807) is 0 Å². The van der Waals surface area contributed by atoms with Gasteiger partial charge in [0.15, 0.2) is 0 Å².